The summed E-state index contributed by atoms with van der Waals surface area (Å²) in [5.41, 5.74) is 7.41. The molecule has 140 valence electrons. The SMILES string of the molecule is CCc1ccnc(NC(=O)OC(C)(C)CCC(C)c2ccnc(N)c2)c1. The molecule has 2 aromatic heterocycles. The van der Waals surface area contributed by atoms with Gasteiger partial charge < -0.3 is 10.5 Å². The van der Waals surface area contributed by atoms with Gasteiger partial charge in [0.25, 0.3) is 0 Å². The van der Waals surface area contributed by atoms with E-state index in [0.29, 0.717) is 17.6 Å². The zero-order chi connectivity index (χ0) is 19.2. The van der Waals surface area contributed by atoms with Crippen LogP contribution in [0.5, 0.6) is 0 Å². The van der Waals surface area contributed by atoms with Crippen LogP contribution < -0.4 is 11.1 Å². The van der Waals surface area contributed by atoms with Crippen molar-refractivity contribution >= 4 is 17.7 Å². The van der Waals surface area contributed by atoms with Gasteiger partial charge in [-0.1, -0.05) is 13.8 Å². The number of rotatable bonds is 7. The summed E-state index contributed by atoms with van der Waals surface area (Å²) in [7, 11) is 0. The van der Waals surface area contributed by atoms with Gasteiger partial charge in [0, 0.05) is 12.4 Å². The number of anilines is 2. The van der Waals surface area contributed by atoms with E-state index in [1.165, 1.54) is 0 Å². The van der Waals surface area contributed by atoms with E-state index in [1.54, 1.807) is 12.4 Å². The lowest BCUT2D eigenvalue weighted by Crippen LogP contribution is -2.31. The summed E-state index contributed by atoms with van der Waals surface area (Å²) in [5.74, 6) is 1.32. The summed E-state index contributed by atoms with van der Waals surface area (Å²) in [4.78, 5) is 20.4. The highest BCUT2D eigenvalue weighted by atomic mass is 16.6. The number of nitrogen functional groups attached to an aromatic ring is 1. The topological polar surface area (TPSA) is 90.1 Å². The number of pyridine rings is 2. The number of nitrogens with zero attached hydrogens (tertiary/aromatic N) is 2. The molecular weight excluding hydrogens is 328 g/mol. The Hall–Kier alpha value is -2.63. The third-order valence-electron chi connectivity index (χ3n) is 4.39. The molecule has 0 spiro atoms. The highest BCUT2D eigenvalue weighted by Gasteiger charge is 2.24. The van der Waals surface area contributed by atoms with Crippen LogP contribution in [0.4, 0.5) is 16.4 Å². The zero-order valence-electron chi connectivity index (χ0n) is 16.0. The van der Waals surface area contributed by atoms with E-state index in [-0.39, 0.29) is 0 Å². The fourth-order valence-electron chi connectivity index (χ4n) is 2.70. The van der Waals surface area contributed by atoms with Gasteiger partial charge in [-0.05, 0) is 74.4 Å². The molecule has 0 saturated heterocycles. The summed E-state index contributed by atoms with van der Waals surface area (Å²) in [6.45, 7) is 8.01. The van der Waals surface area contributed by atoms with Gasteiger partial charge in [-0.2, -0.15) is 0 Å². The van der Waals surface area contributed by atoms with E-state index in [1.807, 2.05) is 38.1 Å². The molecule has 0 aliphatic heterocycles. The van der Waals surface area contributed by atoms with E-state index < -0.39 is 11.7 Å². The van der Waals surface area contributed by atoms with E-state index in [4.69, 9.17) is 10.5 Å². The minimum atomic E-state index is -0.584. The van der Waals surface area contributed by atoms with Gasteiger partial charge in [-0.15, -0.1) is 0 Å². The first-order valence-corrected chi connectivity index (χ1v) is 8.95. The van der Waals surface area contributed by atoms with Crippen molar-refractivity contribution in [2.45, 2.75) is 58.5 Å². The average Bonchev–Trinajstić information content (AvgIpc) is 2.59. The van der Waals surface area contributed by atoms with Gasteiger partial charge in [0.1, 0.15) is 17.2 Å². The molecule has 0 bridgehead atoms. The van der Waals surface area contributed by atoms with Gasteiger partial charge in [0.05, 0.1) is 0 Å². The second-order valence-electron chi connectivity index (χ2n) is 7.13. The molecule has 3 N–H and O–H groups in total. The first-order chi connectivity index (χ1) is 12.3. The standard InChI is InChI=1S/C20H28N4O2/c1-5-15-7-10-23-18(12-15)24-19(25)26-20(3,4)9-6-14(2)16-8-11-22-17(21)13-16/h7-8,10-14H,5-6,9H2,1-4H3,(H2,21,22)(H,23,24,25). The molecule has 0 aliphatic carbocycles. The number of amides is 1. The third kappa shape index (κ3) is 6.02. The Labute approximate surface area is 155 Å². The molecule has 1 unspecified atom stereocenters. The number of aromatic nitrogens is 2. The lowest BCUT2D eigenvalue weighted by molar-refractivity contribution is 0.0396. The highest BCUT2D eigenvalue weighted by molar-refractivity contribution is 5.83. The van der Waals surface area contributed by atoms with Crippen molar-refractivity contribution < 1.29 is 9.53 Å². The summed E-state index contributed by atoms with van der Waals surface area (Å²) in [6, 6.07) is 7.63. The van der Waals surface area contributed by atoms with E-state index in [2.05, 4.69) is 29.1 Å². The normalized spacial score (nSPS) is 12.5. The predicted octanol–water partition coefficient (Wildman–Crippen LogP) is 4.53. The van der Waals surface area contributed by atoms with Gasteiger partial charge >= 0.3 is 6.09 Å². The van der Waals surface area contributed by atoms with E-state index in [0.717, 1.165) is 30.4 Å². The molecule has 0 radical (unpaired) electrons. The molecule has 2 aromatic rings. The van der Waals surface area contributed by atoms with Crippen LogP contribution in [-0.2, 0) is 11.2 Å². The van der Waals surface area contributed by atoms with Crippen LogP contribution in [0.3, 0.4) is 0 Å². The molecule has 0 aromatic carbocycles. The van der Waals surface area contributed by atoms with Crippen molar-refractivity contribution in [2.24, 2.45) is 0 Å². The minimum absolute atomic E-state index is 0.300. The predicted molar refractivity (Wildman–Crippen MR) is 104 cm³/mol. The van der Waals surface area contributed by atoms with Crippen molar-refractivity contribution in [2.75, 3.05) is 11.1 Å². The van der Waals surface area contributed by atoms with Crippen molar-refractivity contribution in [3.05, 3.63) is 47.8 Å². The first-order valence-electron chi connectivity index (χ1n) is 8.95. The lowest BCUT2D eigenvalue weighted by Gasteiger charge is -2.26. The molecule has 0 fully saturated rings. The molecule has 26 heavy (non-hydrogen) atoms. The van der Waals surface area contributed by atoms with Crippen LogP contribution in [-0.4, -0.2) is 21.7 Å². The van der Waals surface area contributed by atoms with Crippen LogP contribution in [0.1, 0.15) is 57.6 Å². The molecule has 6 nitrogen and oxygen atoms in total. The molecule has 1 atom stereocenters. The van der Waals surface area contributed by atoms with E-state index >= 15 is 0 Å². The molecule has 0 aliphatic rings. The highest BCUT2D eigenvalue weighted by Crippen LogP contribution is 2.27. The molecule has 6 heteroatoms. The number of hydrogen-bond donors (Lipinski definition) is 2. The van der Waals surface area contributed by atoms with Crippen LogP contribution >= 0.6 is 0 Å². The average molecular weight is 356 g/mol. The number of nitrogens with one attached hydrogen (secondary N) is 1. The van der Waals surface area contributed by atoms with Crippen LogP contribution in [0, 0.1) is 0 Å². The summed E-state index contributed by atoms with van der Waals surface area (Å²) in [6.07, 6.45) is 5.39. The maximum Gasteiger partial charge on any atom is 0.413 e. The number of hydrogen-bond acceptors (Lipinski definition) is 5. The Bertz CT molecular complexity index is 746. The Morgan fingerprint density at radius 1 is 1.27 bits per heavy atom. The fraction of sp³-hybridized carbons (Fsp3) is 0.450. The second kappa shape index (κ2) is 8.65. The number of aryl methyl sites for hydroxylation is 1. The summed E-state index contributed by atoms with van der Waals surface area (Å²) < 4.78 is 5.60. The fourth-order valence-corrected chi connectivity index (χ4v) is 2.70. The van der Waals surface area contributed by atoms with E-state index in [9.17, 15) is 4.79 Å². The van der Waals surface area contributed by atoms with Crippen molar-refractivity contribution in [3.63, 3.8) is 0 Å². The molecule has 1 amide bonds. The maximum atomic E-state index is 12.2. The number of carbonyl (C=O) groups is 1. The zero-order valence-corrected chi connectivity index (χ0v) is 16.0. The molecule has 2 rings (SSSR count). The first kappa shape index (κ1) is 19.7. The van der Waals surface area contributed by atoms with Gasteiger partial charge in [-0.3, -0.25) is 5.32 Å². The Balaban J connectivity index is 1.87. The van der Waals surface area contributed by atoms with Crippen molar-refractivity contribution in [1.82, 2.24) is 9.97 Å². The number of carbonyl (C=O) groups excluding carboxylic acids is 1. The van der Waals surface area contributed by atoms with Crippen LogP contribution in [0.2, 0.25) is 0 Å². The summed E-state index contributed by atoms with van der Waals surface area (Å²) in [5, 5.41) is 2.70. The van der Waals surface area contributed by atoms with Crippen molar-refractivity contribution in [1.29, 1.82) is 0 Å². The van der Waals surface area contributed by atoms with Gasteiger partial charge in [0.2, 0.25) is 0 Å². The lowest BCUT2D eigenvalue weighted by atomic mass is 9.91. The largest absolute Gasteiger partial charge is 0.443 e. The monoisotopic (exact) mass is 356 g/mol. The Kier molecular flexibility index (Phi) is 6.55. The molecule has 0 saturated carbocycles. The van der Waals surface area contributed by atoms with Gasteiger partial charge in [-0.25, -0.2) is 14.8 Å². The summed E-state index contributed by atoms with van der Waals surface area (Å²) >= 11 is 0. The van der Waals surface area contributed by atoms with Crippen LogP contribution in [0.15, 0.2) is 36.7 Å². The Morgan fingerprint density at radius 2 is 2.00 bits per heavy atom. The molecule has 2 heterocycles. The number of ether oxygens (including phenoxy) is 1. The number of nitrogens with two attached hydrogens (primary N) is 1. The smallest absolute Gasteiger partial charge is 0.413 e. The minimum Gasteiger partial charge on any atom is -0.443 e. The Morgan fingerprint density at radius 3 is 2.69 bits per heavy atom. The second-order valence-corrected chi connectivity index (χ2v) is 7.13. The van der Waals surface area contributed by atoms with Gasteiger partial charge in [0.15, 0.2) is 0 Å². The maximum absolute atomic E-state index is 12.2. The van der Waals surface area contributed by atoms with Crippen LogP contribution in [0.25, 0.3) is 0 Å². The quantitative estimate of drug-likeness (QED) is 0.760. The van der Waals surface area contributed by atoms with Crippen molar-refractivity contribution in [3.8, 4) is 0 Å². The molecular formula is C20H28N4O2. The third-order valence-corrected chi connectivity index (χ3v) is 4.39.